The lowest BCUT2D eigenvalue weighted by molar-refractivity contribution is 0.546. The van der Waals surface area contributed by atoms with Gasteiger partial charge in [0.15, 0.2) is 0 Å². The van der Waals surface area contributed by atoms with Crippen LogP contribution in [0.5, 0.6) is 0 Å². The van der Waals surface area contributed by atoms with E-state index in [-0.39, 0.29) is 6.04 Å². The summed E-state index contributed by atoms with van der Waals surface area (Å²) in [6.45, 7) is 0. The Morgan fingerprint density at radius 3 is 2.95 bits per heavy atom. The molecule has 0 aliphatic rings. The minimum absolute atomic E-state index is 0.00782. The second-order valence-corrected chi connectivity index (χ2v) is 5.28. The maximum Gasteiger partial charge on any atom is 0.0794 e. The van der Waals surface area contributed by atoms with Crippen LogP contribution in [0.1, 0.15) is 16.6 Å². The van der Waals surface area contributed by atoms with Crippen LogP contribution in [-0.4, -0.2) is 9.97 Å². The number of rotatable bonds is 4. The highest BCUT2D eigenvalue weighted by Crippen LogP contribution is 2.25. The quantitative estimate of drug-likeness (QED) is 0.564. The van der Waals surface area contributed by atoms with Crippen LogP contribution in [0.3, 0.4) is 0 Å². The van der Waals surface area contributed by atoms with Crippen LogP contribution in [0.4, 0.5) is 0 Å². The Bertz CT molecular complexity index is 661. The van der Waals surface area contributed by atoms with Crippen molar-refractivity contribution >= 4 is 22.1 Å². The van der Waals surface area contributed by atoms with Crippen molar-refractivity contribution in [2.24, 2.45) is 5.84 Å². The van der Waals surface area contributed by atoms with Crippen molar-refractivity contribution < 1.29 is 0 Å². The van der Waals surface area contributed by atoms with E-state index in [1.54, 1.807) is 11.3 Å². The number of aromatic nitrogens is 2. The molecule has 0 radical (unpaired) electrons. The maximum absolute atomic E-state index is 5.71. The first-order valence-electron chi connectivity index (χ1n) is 6.05. The van der Waals surface area contributed by atoms with Crippen molar-refractivity contribution in [1.82, 2.24) is 15.4 Å². The van der Waals surface area contributed by atoms with Gasteiger partial charge in [-0.05, 0) is 11.5 Å². The van der Waals surface area contributed by atoms with Crippen LogP contribution >= 0.6 is 11.3 Å². The van der Waals surface area contributed by atoms with Crippen LogP contribution in [0.25, 0.3) is 10.8 Å². The highest BCUT2D eigenvalue weighted by atomic mass is 32.1. The molecule has 2 heterocycles. The Hall–Kier alpha value is -1.82. The van der Waals surface area contributed by atoms with E-state index in [1.807, 2.05) is 36.1 Å². The number of hydrogen-bond acceptors (Lipinski definition) is 5. The standard InChI is InChI=1S/C14H14N4S/c15-18-13(7-11-8-16-9-19-11)14-12-4-2-1-3-10(12)5-6-17-14/h1-6,8-9,13,18H,7,15H2. The molecule has 0 saturated carbocycles. The monoisotopic (exact) mass is 270 g/mol. The minimum atomic E-state index is -0.00782. The van der Waals surface area contributed by atoms with Gasteiger partial charge in [0.05, 0.1) is 17.2 Å². The van der Waals surface area contributed by atoms with Gasteiger partial charge >= 0.3 is 0 Å². The number of hydrazine groups is 1. The van der Waals surface area contributed by atoms with Crippen LogP contribution in [0, 0.1) is 0 Å². The molecular formula is C14H14N4S. The molecule has 0 fully saturated rings. The van der Waals surface area contributed by atoms with Crippen molar-refractivity contribution in [1.29, 1.82) is 0 Å². The smallest absolute Gasteiger partial charge is 0.0794 e. The van der Waals surface area contributed by atoms with E-state index >= 15 is 0 Å². The summed E-state index contributed by atoms with van der Waals surface area (Å²) in [5.74, 6) is 5.71. The fourth-order valence-electron chi connectivity index (χ4n) is 2.20. The number of nitrogens with two attached hydrogens (primary N) is 1. The molecule has 1 atom stereocenters. The Kier molecular flexibility index (Phi) is 3.50. The molecule has 2 aromatic heterocycles. The summed E-state index contributed by atoms with van der Waals surface area (Å²) in [5, 5.41) is 2.31. The topological polar surface area (TPSA) is 63.8 Å². The largest absolute Gasteiger partial charge is 0.271 e. The maximum atomic E-state index is 5.71. The lowest BCUT2D eigenvalue weighted by Crippen LogP contribution is -2.30. The fraction of sp³-hybridized carbons (Fsp3) is 0.143. The van der Waals surface area contributed by atoms with Gasteiger partial charge in [-0.3, -0.25) is 21.2 Å². The molecule has 0 aliphatic carbocycles. The first-order chi connectivity index (χ1) is 9.38. The molecule has 19 heavy (non-hydrogen) atoms. The lowest BCUT2D eigenvalue weighted by atomic mass is 10.0. The normalized spacial score (nSPS) is 12.7. The zero-order chi connectivity index (χ0) is 13.1. The van der Waals surface area contributed by atoms with E-state index in [9.17, 15) is 0 Å². The molecule has 4 nitrogen and oxygen atoms in total. The zero-order valence-corrected chi connectivity index (χ0v) is 11.1. The summed E-state index contributed by atoms with van der Waals surface area (Å²) in [7, 11) is 0. The van der Waals surface area contributed by atoms with Crippen molar-refractivity contribution in [2.45, 2.75) is 12.5 Å². The summed E-state index contributed by atoms with van der Waals surface area (Å²) in [4.78, 5) is 9.79. The van der Waals surface area contributed by atoms with Gasteiger partial charge in [0, 0.05) is 29.1 Å². The highest BCUT2D eigenvalue weighted by Gasteiger charge is 2.15. The Morgan fingerprint density at radius 1 is 1.26 bits per heavy atom. The molecule has 0 spiro atoms. The molecule has 1 unspecified atom stereocenters. The fourth-order valence-corrected chi connectivity index (χ4v) is 2.84. The number of nitrogens with zero attached hydrogens (tertiary/aromatic N) is 2. The van der Waals surface area contributed by atoms with Crippen molar-refractivity contribution in [2.75, 3.05) is 0 Å². The predicted molar refractivity (Wildman–Crippen MR) is 77.6 cm³/mol. The van der Waals surface area contributed by atoms with E-state index < -0.39 is 0 Å². The van der Waals surface area contributed by atoms with Crippen LogP contribution in [0.2, 0.25) is 0 Å². The summed E-state index contributed by atoms with van der Waals surface area (Å²) < 4.78 is 0. The van der Waals surface area contributed by atoms with Gasteiger partial charge in [0.25, 0.3) is 0 Å². The van der Waals surface area contributed by atoms with Crippen LogP contribution in [0.15, 0.2) is 48.2 Å². The molecule has 0 bridgehead atoms. The summed E-state index contributed by atoms with van der Waals surface area (Å²) in [6.07, 6.45) is 4.50. The first-order valence-corrected chi connectivity index (χ1v) is 6.93. The van der Waals surface area contributed by atoms with Gasteiger partial charge in [-0.2, -0.15) is 0 Å². The third-order valence-electron chi connectivity index (χ3n) is 3.12. The number of pyridine rings is 1. The van der Waals surface area contributed by atoms with Crippen LogP contribution < -0.4 is 11.3 Å². The summed E-state index contributed by atoms with van der Waals surface area (Å²) in [5.41, 5.74) is 5.68. The van der Waals surface area contributed by atoms with Gasteiger partial charge in [-0.1, -0.05) is 24.3 Å². The number of fused-ring (bicyclic) bond motifs is 1. The number of nitrogens with one attached hydrogen (secondary N) is 1. The summed E-state index contributed by atoms with van der Waals surface area (Å²) >= 11 is 1.63. The third kappa shape index (κ3) is 2.49. The molecule has 96 valence electrons. The number of thiazole rings is 1. The molecule has 1 aromatic carbocycles. The Morgan fingerprint density at radius 2 is 2.16 bits per heavy atom. The van der Waals surface area contributed by atoms with Crippen molar-refractivity contribution in [3.05, 3.63) is 58.8 Å². The molecule has 3 aromatic rings. The van der Waals surface area contributed by atoms with Gasteiger partial charge in [0.2, 0.25) is 0 Å². The van der Waals surface area contributed by atoms with E-state index in [1.165, 1.54) is 10.3 Å². The Labute approximate surface area is 115 Å². The molecule has 0 saturated heterocycles. The van der Waals surface area contributed by atoms with E-state index in [0.717, 1.165) is 17.5 Å². The second-order valence-electron chi connectivity index (χ2n) is 4.31. The molecule has 0 aliphatic heterocycles. The highest BCUT2D eigenvalue weighted by molar-refractivity contribution is 7.09. The van der Waals surface area contributed by atoms with E-state index in [0.29, 0.717) is 0 Å². The SMILES string of the molecule is NNC(Cc1cncs1)c1nccc2ccccc12. The molecule has 3 N–H and O–H groups in total. The van der Waals surface area contributed by atoms with Gasteiger partial charge in [-0.15, -0.1) is 11.3 Å². The first kappa shape index (κ1) is 12.2. The van der Waals surface area contributed by atoms with E-state index in [2.05, 4.69) is 27.5 Å². The average molecular weight is 270 g/mol. The Balaban J connectivity index is 2.01. The molecule has 5 heteroatoms. The number of hydrogen-bond donors (Lipinski definition) is 2. The van der Waals surface area contributed by atoms with Crippen LogP contribution in [-0.2, 0) is 6.42 Å². The van der Waals surface area contributed by atoms with Crippen molar-refractivity contribution in [3.8, 4) is 0 Å². The zero-order valence-electron chi connectivity index (χ0n) is 10.3. The molecule has 0 amide bonds. The molecular weight excluding hydrogens is 256 g/mol. The molecule has 3 rings (SSSR count). The van der Waals surface area contributed by atoms with Crippen molar-refractivity contribution in [3.63, 3.8) is 0 Å². The minimum Gasteiger partial charge on any atom is -0.271 e. The third-order valence-corrected chi connectivity index (χ3v) is 3.93. The van der Waals surface area contributed by atoms with Gasteiger partial charge < -0.3 is 0 Å². The second kappa shape index (κ2) is 5.44. The van der Waals surface area contributed by atoms with Gasteiger partial charge in [-0.25, -0.2) is 0 Å². The average Bonchev–Trinajstić information content (AvgIpc) is 2.97. The summed E-state index contributed by atoms with van der Waals surface area (Å²) in [6, 6.07) is 10.2. The lowest BCUT2D eigenvalue weighted by Gasteiger charge is -2.16. The van der Waals surface area contributed by atoms with Gasteiger partial charge in [0.1, 0.15) is 0 Å². The predicted octanol–water partition coefficient (Wildman–Crippen LogP) is 2.44. The number of benzene rings is 1. The van der Waals surface area contributed by atoms with E-state index in [4.69, 9.17) is 5.84 Å².